The number of aromatic amines is 1. The molecule has 1 amide bonds. The van der Waals surface area contributed by atoms with Crippen LogP contribution in [-0.2, 0) is 16.6 Å². The minimum absolute atomic E-state index is 0.0962. The molecule has 10 heteroatoms. The van der Waals surface area contributed by atoms with Crippen molar-refractivity contribution < 1.29 is 13.2 Å². The molecular weight excluding hydrogens is 502 g/mol. The summed E-state index contributed by atoms with van der Waals surface area (Å²) in [4.78, 5) is 28.7. The van der Waals surface area contributed by atoms with E-state index in [0.29, 0.717) is 43.2 Å². The summed E-state index contributed by atoms with van der Waals surface area (Å²) in [5, 5.41) is 6.61. The van der Waals surface area contributed by atoms with E-state index in [1.165, 1.54) is 0 Å². The maximum atomic E-state index is 13.5. The highest BCUT2D eigenvalue weighted by Crippen LogP contribution is 2.36. The molecule has 1 aromatic carbocycles. The van der Waals surface area contributed by atoms with Crippen LogP contribution in [0.4, 0.5) is 0 Å². The average molecular weight is 540 g/mol. The summed E-state index contributed by atoms with van der Waals surface area (Å²) in [6.45, 7) is 10.1. The van der Waals surface area contributed by atoms with Gasteiger partial charge in [-0.1, -0.05) is 18.2 Å². The molecule has 2 aliphatic rings. The van der Waals surface area contributed by atoms with Crippen molar-refractivity contribution in [3.63, 3.8) is 0 Å². The summed E-state index contributed by atoms with van der Waals surface area (Å²) in [5.41, 5.74) is 4.49. The largest absolute Gasteiger partial charge is 0.348 e. The molecule has 1 atom stereocenters. The molecule has 0 unspecified atom stereocenters. The number of H-pyrrole nitrogens is 1. The van der Waals surface area contributed by atoms with E-state index < -0.39 is 10.0 Å². The van der Waals surface area contributed by atoms with E-state index in [4.69, 9.17) is 0 Å². The van der Waals surface area contributed by atoms with Crippen LogP contribution in [0.3, 0.4) is 0 Å². The predicted molar refractivity (Wildman–Crippen MR) is 149 cm³/mol. The number of fused-ring (bicyclic) bond motifs is 1. The number of rotatable bonds is 7. The molecule has 2 saturated heterocycles. The van der Waals surface area contributed by atoms with Gasteiger partial charge in [0.05, 0.1) is 5.56 Å². The Hall–Kier alpha value is -2.95. The highest BCUT2D eigenvalue weighted by atomic mass is 32.2. The second-order valence-electron chi connectivity index (χ2n) is 10.8. The van der Waals surface area contributed by atoms with Crippen LogP contribution < -0.4 is 16.2 Å². The number of carbonyl (C=O) groups is 1. The Bertz CT molecular complexity index is 1530. The van der Waals surface area contributed by atoms with Crippen molar-refractivity contribution in [2.75, 3.05) is 26.2 Å². The van der Waals surface area contributed by atoms with Gasteiger partial charge in [0.1, 0.15) is 5.25 Å². The lowest BCUT2D eigenvalue weighted by molar-refractivity contribution is 0.0951. The molecule has 2 aliphatic heterocycles. The summed E-state index contributed by atoms with van der Waals surface area (Å²) in [5.74, 6) is 0.0826. The Morgan fingerprint density at radius 1 is 1.13 bits per heavy atom. The lowest BCUT2D eigenvalue weighted by atomic mass is 9.91. The number of aromatic nitrogens is 2. The molecule has 0 spiro atoms. The summed E-state index contributed by atoms with van der Waals surface area (Å²) in [7, 11) is -3.24. The van der Waals surface area contributed by atoms with E-state index >= 15 is 0 Å². The number of pyridine rings is 1. The van der Waals surface area contributed by atoms with Crippen LogP contribution >= 0.6 is 0 Å². The molecule has 204 valence electrons. The summed E-state index contributed by atoms with van der Waals surface area (Å²) >= 11 is 0. The quantitative estimate of drug-likeness (QED) is 0.427. The lowest BCUT2D eigenvalue weighted by Crippen LogP contribution is -2.57. The zero-order valence-electron chi connectivity index (χ0n) is 22.5. The van der Waals surface area contributed by atoms with Crippen molar-refractivity contribution in [1.29, 1.82) is 0 Å². The van der Waals surface area contributed by atoms with Crippen molar-refractivity contribution in [3.05, 3.63) is 68.8 Å². The van der Waals surface area contributed by atoms with Crippen molar-refractivity contribution in [1.82, 2.24) is 24.5 Å². The fourth-order valence-electron chi connectivity index (χ4n) is 6.07. The number of nitrogens with zero attached hydrogens (tertiary/aromatic N) is 2. The second-order valence-corrected chi connectivity index (χ2v) is 13.0. The monoisotopic (exact) mass is 539 g/mol. The molecule has 4 heterocycles. The molecule has 9 nitrogen and oxygen atoms in total. The van der Waals surface area contributed by atoms with Gasteiger partial charge in [0.25, 0.3) is 11.5 Å². The van der Waals surface area contributed by atoms with Crippen LogP contribution in [0.5, 0.6) is 0 Å². The second kappa shape index (κ2) is 10.3. The number of benzene rings is 1. The number of aryl methyl sites for hydroxylation is 2. The van der Waals surface area contributed by atoms with Crippen molar-refractivity contribution in [2.24, 2.45) is 5.92 Å². The number of piperidine rings is 1. The van der Waals surface area contributed by atoms with Crippen LogP contribution in [0.25, 0.3) is 10.9 Å². The molecule has 38 heavy (non-hydrogen) atoms. The Balaban J connectivity index is 1.37. The normalized spacial score (nSPS) is 18.4. The van der Waals surface area contributed by atoms with Gasteiger partial charge in [-0.25, -0.2) is 12.7 Å². The highest BCUT2D eigenvalue weighted by Gasteiger charge is 2.39. The van der Waals surface area contributed by atoms with Gasteiger partial charge in [0, 0.05) is 66.6 Å². The van der Waals surface area contributed by atoms with Crippen LogP contribution in [0.2, 0.25) is 0 Å². The highest BCUT2D eigenvalue weighted by molar-refractivity contribution is 7.89. The van der Waals surface area contributed by atoms with Gasteiger partial charge >= 0.3 is 0 Å². The number of sulfonamides is 1. The van der Waals surface area contributed by atoms with Gasteiger partial charge in [-0.3, -0.25) is 9.59 Å². The van der Waals surface area contributed by atoms with Crippen molar-refractivity contribution >= 4 is 26.8 Å². The molecule has 0 bridgehead atoms. The van der Waals surface area contributed by atoms with E-state index in [0.717, 1.165) is 40.7 Å². The summed E-state index contributed by atoms with van der Waals surface area (Å²) < 4.78 is 29.6. The van der Waals surface area contributed by atoms with Gasteiger partial charge < -0.3 is 20.2 Å². The zero-order chi connectivity index (χ0) is 27.2. The predicted octanol–water partition coefficient (Wildman–Crippen LogP) is 2.76. The van der Waals surface area contributed by atoms with Crippen LogP contribution in [0.15, 0.2) is 35.1 Å². The third-order valence-corrected chi connectivity index (χ3v) is 10.7. The number of hydrogen-bond donors (Lipinski definition) is 3. The van der Waals surface area contributed by atoms with Crippen LogP contribution in [-0.4, -0.2) is 59.6 Å². The van der Waals surface area contributed by atoms with Gasteiger partial charge in [0.2, 0.25) is 10.0 Å². The topological polar surface area (TPSA) is 116 Å². The SMILES string of the molecule is Cc1cc(C)c(CNC(=O)c2c(C)n([C@H](C)C3CCN(S(=O)(=O)C4CNC4)CC3)c3ccccc23)c(=O)[nH]1. The minimum atomic E-state index is -3.24. The Morgan fingerprint density at radius 3 is 2.45 bits per heavy atom. The first-order chi connectivity index (χ1) is 18.1. The molecule has 2 fully saturated rings. The third kappa shape index (κ3) is 4.69. The van der Waals surface area contributed by atoms with E-state index in [-0.39, 0.29) is 29.3 Å². The zero-order valence-corrected chi connectivity index (χ0v) is 23.3. The number of hydrogen-bond acceptors (Lipinski definition) is 5. The first kappa shape index (κ1) is 26.6. The number of para-hydroxylation sites is 1. The number of carbonyl (C=O) groups excluding carboxylic acids is 1. The van der Waals surface area contributed by atoms with Gasteiger partial charge in [-0.05, 0) is 64.2 Å². The van der Waals surface area contributed by atoms with Gasteiger partial charge in [-0.2, -0.15) is 0 Å². The minimum Gasteiger partial charge on any atom is -0.348 e. The van der Waals surface area contributed by atoms with Gasteiger partial charge in [-0.15, -0.1) is 0 Å². The first-order valence-corrected chi connectivity index (χ1v) is 14.9. The van der Waals surface area contributed by atoms with E-state index in [9.17, 15) is 18.0 Å². The Kier molecular flexibility index (Phi) is 7.23. The smallest absolute Gasteiger partial charge is 0.254 e. The maximum Gasteiger partial charge on any atom is 0.254 e. The third-order valence-electron chi connectivity index (χ3n) is 8.42. The van der Waals surface area contributed by atoms with E-state index in [2.05, 4.69) is 27.1 Å². The van der Waals surface area contributed by atoms with Crippen molar-refractivity contribution in [2.45, 2.75) is 58.4 Å². The molecule has 0 aliphatic carbocycles. The Morgan fingerprint density at radius 2 is 1.82 bits per heavy atom. The average Bonchev–Trinajstić information content (AvgIpc) is 3.13. The fraction of sp³-hybridized carbons (Fsp3) is 0.500. The molecule has 2 aromatic heterocycles. The lowest BCUT2D eigenvalue weighted by Gasteiger charge is -2.38. The van der Waals surface area contributed by atoms with Crippen molar-refractivity contribution in [3.8, 4) is 0 Å². The van der Waals surface area contributed by atoms with E-state index in [1.54, 1.807) is 4.31 Å². The fourth-order valence-corrected chi connectivity index (χ4v) is 7.87. The summed E-state index contributed by atoms with van der Waals surface area (Å²) in [6, 6.07) is 9.91. The molecule has 0 saturated carbocycles. The number of amides is 1. The van der Waals surface area contributed by atoms with Crippen LogP contribution in [0, 0.1) is 26.7 Å². The molecule has 0 radical (unpaired) electrons. The Labute approximate surface area is 223 Å². The maximum absolute atomic E-state index is 13.5. The van der Waals surface area contributed by atoms with Gasteiger partial charge in [0.15, 0.2) is 0 Å². The molecular formula is C28H37N5O4S. The summed E-state index contributed by atoms with van der Waals surface area (Å²) in [6.07, 6.45) is 1.56. The van der Waals surface area contributed by atoms with E-state index in [1.807, 2.05) is 51.1 Å². The van der Waals surface area contributed by atoms with Crippen LogP contribution in [0.1, 0.15) is 58.7 Å². The molecule has 3 N–H and O–H groups in total. The molecule has 5 rings (SSSR count). The number of nitrogens with one attached hydrogen (secondary N) is 3. The molecule has 3 aromatic rings. The standard InChI is InChI=1S/C28H37N5O4S/c1-17-13-18(2)31-27(34)24(17)16-30-28(35)26-20(4)33(25-8-6-5-7-23(25)26)19(3)21-9-11-32(12-10-21)38(36,37)22-14-29-15-22/h5-8,13,19,21-22,29H,9-12,14-16H2,1-4H3,(H,30,35)(H,31,34)/t19-/m1/s1. The first-order valence-electron chi connectivity index (χ1n) is 13.4.